The van der Waals surface area contributed by atoms with E-state index >= 15 is 0 Å². The van der Waals surface area contributed by atoms with E-state index in [1.54, 1.807) is 0 Å². The molecule has 0 bridgehead atoms. The van der Waals surface area contributed by atoms with Crippen molar-refractivity contribution in [2.45, 2.75) is 20.3 Å². The maximum absolute atomic E-state index is 3.93. The minimum atomic E-state index is 0.669. The summed E-state index contributed by atoms with van der Waals surface area (Å²) in [5, 5.41) is 0. The molecule has 10 heavy (non-hydrogen) atoms. The Balaban J connectivity index is 2.80. The monoisotopic (exact) mass is 134 g/mol. The van der Waals surface area contributed by atoms with Crippen molar-refractivity contribution in [1.29, 1.82) is 0 Å². The molecule has 1 unspecified atom stereocenters. The Kier molecular flexibility index (Phi) is 2.10. The van der Waals surface area contributed by atoms with E-state index < -0.39 is 0 Å². The first kappa shape index (κ1) is 7.33. The van der Waals surface area contributed by atoms with Crippen LogP contribution >= 0.6 is 0 Å². The smallest absolute Gasteiger partial charge is 0.0153 e. The number of hydrogen-bond donors (Lipinski definition) is 0. The molecule has 0 saturated heterocycles. The van der Waals surface area contributed by atoms with Crippen LogP contribution in [-0.2, 0) is 0 Å². The number of rotatable bonds is 1. The van der Waals surface area contributed by atoms with Crippen molar-refractivity contribution in [2.24, 2.45) is 5.92 Å². The quantitative estimate of drug-likeness (QED) is 0.517. The summed E-state index contributed by atoms with van der Waals surface area (Å²) in [7, 11) is 0. The van der Waals surface area contributed by atoms with Crippen LogP contribution in [0.3, 0.4) is 0 Å². The van der Waals surface area contributed by atoms with Crippen molar-refractivity contribution in [3.05, 3.63) is 36.0 Å². The van der Waals surface area contributed by atoms with Crippen LogP contribution in [0, 0.1) is 5.92 Å². The van der Waals surface area contributed by atoms with Crippen LogP contribution in [0.5, 0.6) is 0 Å². The molecule has 1 aliphatic rings. The molecule has 0 aromatic rings. The third-order valence-electron chi connectivity index (χ3n) is 1.93. The van der Waals surface area contributed by atoms with Crippen LogP contribution in [0.1, 0.15) is 20.3 Å². The van der Waals surface area contributed by atoms with Crippen molar-refractivity contribution in [1.82, 2.24) is 0 Å². The highest BCUT2D eigenvalue weighted by molar-refractivity contribution is 5.34. The van der Waals surface area contributed by atoms with Crippen molar-refractivity contribution in [2.75, 3.05) is 0 Å². The standard InChI is InChI=1S/C10H14/c1-8(2)10-7-5-4-6-9(10)3/h4-5,7,9H,1,6H2,2-3H3. The zero-order valence-corrected chi connectivity index (χ0v) is 6.72. The van der Waals surface area contributed by atoms with E-state index in [0.717, 1.165) is 0 Å². The van der Waals surface area contributed by atoms with Gasteiger partial charge in [-0.05, 0) is 24.8 Å². The molecule has 0 heteroatoms. The molecule has 0 radical (unpaired) electrons. The predicted molar refractivity (Wildman–Crippen MR) is 45.8 cm³/mol. The Morgan fingerprint density at radius 1 is 1.70 bits per heavy atom. The molecule has 0 aliphatic heterocycles. The van der Waals surface area contributed by atoms with E-state index in [1.807, 2.05) is 0 Å². The molecule has 54 valence electrons. The lowest BCUT2D eigenvalue weighted by atomic mass is 9.89. The molecule has 0 fully saturated rings. The van der Waals surface area contributed by atoms with E-state index in [9.17, 15) is 0 Å². The van der Waals surface area contributed by atoms with Crippen LogP contribution in [0.2, 0.25) is 0 Å². The fourth-order valence-electron chi connectivity index (χ4n) is 1.31. The molecular weight excluding hydrogens is 120 g/mol. The average molecular weight is 134 g/mol. The summed E-state index contributed by atoms with van der Waals surface area (Å²) in [6, 6.07) is 0. The van der Waals surface area contributed by atoms with Gasteiger partial charge >= 0.3 is 0 Å². The Labute approximate surface area is 62.9 Å². The van der Waals surface area contributed by atoms with E-state index in [4.69, 9.17) is 0 Å². The third-order valence-corrected chi connectivity index (χ3v) is 1.93. The van der Waals surface area contributed by atoms with Gasteiger partial charge in [0.05, 0.1) is 0 Å². The summed E-state index contributed by atoms with van der Waals surface area (Å²) in [5.74, 6) is 0.669. The van der Waals surface area contributed by atoms with Crippen LogP contribution in [0.15, 0.2) is 36.0 Å². The summed E-state index contributed by atoms with van der Waals surface area (Å²) in [6.07, 6.45) is 7.65. The molecule has 0 nitrogen and oxygen atoms in total. The molecule has 0 saturated carbocycles. The van der Waals surface area contributed by atoms with Gasteiger partial charge in [0.1, 0.15) is 0 Å². The van der Waals surface area contributed by atoms with Crippen LogP contribution < -0.4 is 0 Å². The molecule has 1 atom stereocenters. The molecule has 1 aliphatic carbocycles. The van der Waals surface area contributed by atoms with Gasteiger partial charge in [0.25, 0.3) is 0 Å². The molecule has 0 spiro atoms. The van der Waals surface area contributed by atoms with Gasteiger partial charge in [-0.15, -0.1) is 0 Å². The average Bonchev–Trinajstić information content (AvgIpc) is 1.88. The number of allylic oxidation sites excluding steroid dienone is 5. The normalized spacial score (nSPS) is 24.2. The zero-order valence-electron chi connectivity index (χ0n) is 6.72. The minimum absolute atomic E-state index is 0.669. The van der Waals surface area contributed by atoms with Gasteiger partial charge in [-0.2, -0.15) is 0 Å². The Bertz CT molecular complexity index is 194. The summed E-state index contributed by atoms with van der Waals surface area (Å²) in [4.78, 5) is 0. The first-order valence-corrected chi connectivity index (χ1v) is 3.74. The van der Waals surface area contributed by atoms with Crippen molar-refractivity contribution < 1.29 is 0 Å². The highest BCUT2D eigenvalue weighted by Gasteiger charge is 2.08. The Hall–Kier alpha value is -0.780. The molecule has 0 aromatic heterocycles. The van der Waals surface area contributed by atoms with Crippen LogP contribution in [0.25, 0.3) is 0 Å². The largest absolute Gasteiger partial charge is 0.0958 e. The minimum Gasteiger partial charge on any atom is -0.0958 e. The second kappa shape index (κ2) is 2.87. The second-order valence-corrected chi connectivity index (χ2v) is 2.97. The topological polar surface area (TPSA) is 0 Å². The maximum atomic E-state index is 3.93. The molecule has 0 N–H and O–H groups in total. The van der Waals surface area contributed by atoms with Crippen LogP contribution in [0.4, 0.5) is 0 Å². The van der Waals surface area contributed by atoms with E-state index in [2.05, 4.69) is 38.7 Å². The van der Waals surface area contributed by atoms with Gasteiger partial charge < -0.3 is 0 Å². The van der Waals surface area contributed by atoms with Gasteiger partial charge in [-0.25, -0.2) is 0 Å². The molecule has 1 rings (SSSR count). The lowest BCUT2D eigenvalue weighted by Crippen LogP contribution is -2.01. The van der Waals surface area contributed by atoms with Gasteiger partial charge in [-0.3, -0.25) is 0 Å². The molecule has 0 amide bonds. The van der Waals surface area contributed by atoms with E-state index in [1.165, 1.54) is 17.6 Å². The SMILES string of the molecule is C=C(C)C1=CC=CCC1C. The molecule has 0 aromatic carbocycles. The Morgan fingerprint density at radius 3 is 2.80 bits per heavy atom. The van der Waals surface area contributed by atoms with Crippen molar-refractivity contribution >= 4 is 0 Å². The predicted octanol–water partition coefficient (Wildman–Crippen LogP) is 3.08. The summed E-state index contributed by atoms with van der Waals surface area (Å²) in [6.45, 7) is 8.24. The van der Waals surface area contributed by atoms with Gasteiger partial charge in [0, 0.05) is 0 Å². The first-order chi connectivity index (χ1) is 4.72. The number of hydrogen-bond acceptors (Lipinski definition) is 0. The van der Waals surface area contributed by atoms with Gasteiger partial charge in [0.2, 0.25) is 0 Å². The van der Waals surface area contributed by atoms with Crippen LogP contribution in [-0.4, -0.2) is 0 Å². The Morgan fingerprint density at radius 2 is 2.40 bits per heavy atom. The second-order valence-electron chi connectivity index (χ2n) is 2.97. The third kappa shape index (κ3) is 1.38. The van der Waals surface area contributed by atoms with E-state index in [-0.39, 0.29) is 0 Å². The molecule has 0 heterocycles. The lowest BCUT2D eigenvalue weighted by Gasteiger charge is -2.16. The summed E-state index contributed by atoms with van der Waals surface area (Å²) < 4.78 is 0. The fraction of sp³-hybridized carbons (Fsp3) is 0.400. The highest BCUT2D eigenvalue weighted by atomic mass is 14.1. The van der Waals surface area contributed by atoms with Gasteiger partial charge in [0.15, 0.2) is 0 Å². The fourth-order valence-corrected chi connectivity index (χ4v) is 1.31. The first-order valence-electron chi connectivity index (χ1n) is 3.74. The lowest BCUT2D eigenvalue weighted by molar-refractivity contribution is 0.694. The van der Waals surface area contributed by atoms with Crippen molar-refractivity contribution in [3.8, 4) is 0 Å². The highest BCUT2D eigenvalue weighted by Crippen LogP contribution is 2.24. The van der Waals surface area contributed by atoms with Gasteiger partial charge in [-0.1, -0.05) is 37.3 Å². The summed E-state index contributed by atoms with van der Waals surface area (Å²) in [5.41, 5.74) is 2.61. The van der Waals surface area contributed by atoms with E-state index in [0.29, 0.717) is 5.92 Å². The molecular formula is C10H14. The zero-order chi connectivity index (χ0) is 7.56. The van der Waals surface area contributed by atoms with Crippen molar-refractivity contribution in [3.63, 3.8) is 0 Å². The maximum Gasteiger partial charge on any atom is -0.0153 e. The summed E-state index contributed by atoms with van der Waals surface area (Å²) >= 11 is 0.